The van der Waals surface area contributed by atoms with E-state index < -0.39 is 0 Å². The smallest absolute Gasteiger partial charge is 0.154 e. The molecule has 0 atom stereocenters. The summed E-state index contributed by atoms with van der Waals surface area (Å²) >= 11 is 0. The standard InChI is InChI=1S/C16H26O/c1-3-5-6-7-8-9-10-11-12-14-16(15-17)13-4-2/h4,12,15H,2-3,5-11,13H2,1H3. The Labute approximate surface area is 106 Å². The highest BCUT2D eigenvalue weighted by molar-refractivity contribution is 5.73. The van der Waals surface area contributed by atoms with Crippen molar-refractivity contribution in [2.75, 3.05) is 0 Å². The van der Waals surface area contributed by atoms with Crippen molar-refractivity contribution in [2.24, 2.45) is 0 Å². The Morgan fingerprint density at radius 1 is 1.12 bits per heavy atom. The van der Waals surface area contributed by atoms with Crippen LogP contribution in [0.4, 0.5) is 0 Å². The molecule has 0 aromatic carbocycles. The molecule has 1 nitrogen and oxygen atoms in total. The molecule has 0 aliphatic rings. The third-order valence-electron chi connectivity index (χ3n) is 2.75. The van der Waals surface area contributed by atoms with Crippen LogP contribution in [0.2, 0.25) is 0 Å². The fourth-order valence-electron chi connectivity index (χ4n) is 1.70. The first-order chi connectivity index (χ1) is 8.35. The number of rotatable bonds is 11. The van der Waals surface area contributed by atoms with Gasteiger partial charge < -0.3 is 0 Å². The van der Waals surface area contributed by atoms with Gasteiger partial charge in [-0.25, -0.2) is 0 Å². The molecule has 0 aliphatic heterocycles. The first kappa shape index (κ1) is 15.9. The number of hydrogen-bond donors (Lipinski definition) is 0. The lowest BCUT2D eigenvalue weighted by Crippen LogP contribution is -1.80. The second-order valence-corrected chi connectivity index (χ2v) is 4.39. The van der Waals surface area contributed by atoms with E-state index in [1.165, 1.54) is 44.9 Å². The monoisotopic (exact) mass is 234 g/mol. The van der Waals surface area contributed by atoms with Crippen LogP contribution in [0.1, 0.15) is 64.7 Å². The van der Waals surface area contributed by atoms with Gasteiger partial charge in [0, 0.05) is 12.0 Å². The van der Waals surface area contributed by atoms with Gasteiger partial charge in [0.15, 0.2) is 6.29 Å². The van der Waals surface area contributed by atoms with Crippen molar-refractivity contribution in [3.8, 4) is 0 Å². The summed E-state index contributed by atoms with van der Waals surface area (Å²) in [4.78, 5) is 10.6. The first-order valence-electron chi connectivity index (χ1n) is 6.85. The molecule has 96 valence electrons. The Kier molecular flexibility index (Phi) is 12.2. The van der Waals surface area contributed by atoms with Crippen LogP contribution >= 0.6 is 0 Å². The van der Waals surface area contributed by atoms with E-state index in [0.29, 0.717) is 12.0 Å². The van der Waals surface area contributed by atoms with Gasteiger partial charge in [-0.1, -0.05) is 51.5 Å². The SMILES string of the molecule is C=CCC(=C=CCCCCCCCCC)C=O. The van der Waals surface area contributed by atoms with Crippen LogP contribution in [0, 0.1) is 0 Å². The second kappa shape index (κ2) is 13.0. The molecule has 0 aromatic heterocycles. The summed E-state index contributed by atoms with van der Waals surface area (Å²) in [5.41, 5.74) is 3.73. The van der Waals surface area contributed by atoms with Crippen molar-refractivity contribution in [2.45, 2.75) is 64.7 Å². The Hall–Kier alpha value is -1.07. The van der Waals surface area contributed by atoms with Gasteiger partial charge in [0.1, 0.15) is 0 Å². The van der Waals surface area contributed by atoms with E-state index in [9.17, 15) is 4.79 Å². The lowest BCUT2D eigenvalue weighted by Gasteiger charge is -1.98. The summed E-state index contributed by atoms with van der Waals surface area (Å²) in [6.07, 6.45) is 15.5. The van der Waals surface area contributed by atoms with E-state index in [-0.39, 0.29) is 0 Å². The summed E-state index contributed by atoms with van der Waals surface area (Å²) in [5, 5.41) is 0. The predicted octanol–water partition coefficient (Wildman–Crippen LogP) is 4.98. The van der Waals surface area contributed by atoms with Crippen molar-refractivity contribution < 1.29 is 4.79 Å². The van der Waals surface area contributed by atoms with Gasteiger partial charge in [0.25, 0.3) is 0 Å². The molecule has 0 spiro atoms. The van der Waals surface area contributed by atoms with Gasteiger partial charge in [-0.15, -0.1) is 12.3 Å². The first-order valence-corrected chi connectivity index (χ1v) is 6.85. The summed E-state index contributed by atoms with van der Waals surface area (Å²) in [6.45, 7) is 5.85. The molecule has 0 amide bonds. The number of carbonyl (C=O) groups excluding carboxylic acids is 1. The van der Waals surface area contributed by atoms with Gasteiger partial charge in [-0.3, -0.25) is 4.79 Å². The number of hydrogen-bond acceptors (Lipinski definition) is 1. The summed E-state index contributed by atoms with van der Waals surface area (Å²) < 4.78 is 0. The van der Waals surface area contributed by atoms with Gasteiger partial charge in [0.2, 0.25) is 0 Å². The number of carbonyl (C=O) groups is 1. The quantitative estimate of drug-likeness (QED) is 0.162. The van der Waals surface area contributed by atoms with Crippen LogP contribution in [0.25, 0.3) is 0 Å². The van der Waals surface area contributed by atoms with E-state index in [1.807, 2.05) is 6.08 Å². The molecular weight excluding hydrogens is 208 g/mol. The number of aldehydes is 1. The van der Waals surface area contributed by atoms with Crippen LogP contribution in [-0.2, 0) is 4.79 Å². The van der Waals surface area contributed by atoms with Crippen molar-refractivity contribution in [3.05, 3.63) is 30.0 Å². The summed E-state index contributed by atoms with van der Waals surface area (Å²) in [5.74, 6) is 0. The van der Waals surface area contributed by atoms with Gasteiger partial charge in [-0.05, 0) is 18.9 Å². The zero-order valence-electron chi connectivity index (χ0n) is 11.2. The molecule has 0 fully saturated rings. The molecule has 0 heterocycles. The van der Waals surface area contributed by atoms with Crippen LogP contribution in [0.5, 0.6) is 0 Å². The minimum atomic E-state index is 0.622. The second-order valence-electron chi connectivity index (χ2n) is 4.39. The molecule has 0 aliphatic carbocycles. The molecule has 0 unspecified atom stereocenters. The van der Waals surface area contributed by atoms with Gasteiger partial charge >= 0.3 is 0 Å². The maximum absolute atomic E-state index is 10.6. The zero-order valence-corrected chi connectivity index (χ0v) is 11.2. The topological polar surface area (TPSA) is 17.1 Å². The molecule has 1 heteroatoms. The average molecular weight is 234 g/mol. The largest absolute Gasteiger partial charge is 0.298 e. The minimum Gasteiger partial charge on any atom is -0.298 e. The van der Waals surface area contributed by atoms with Crippen LogP contribution < -0.4 is 0 Å². The molecule has 0 N–H and O–H groups in total. The maximum atomic E-state index is 10.6. The predicted molar refractivity (Wildman–Crippen MR) is 75.1 cm³/mol. The summed E-state index contributed by atoms with van der Waals surface area (Å²) in [6, 6.07) is 0. The van der Waals surface area contributed by atoms with Crippen LogP contribution in [-0.4, -0.2) is 6.29 Å². The van der Waals surface area contributed by atoms with Crippen molar-refractivity contribution in [3.63, 3.8) is 0 Å². The normalized spacial score (nSPS) is 9.47. The molecular formula is C16H26O. The third-order valence-corrected chi connectivity index (χ3v) is 2.75. The lowest BCUT2D eigenvalue weighted by molar-refractivity contribution is -0.104. The lowest BCUT2D eigenvalue weighted by atomic mass is 10.1. The Morgan fingerprint density at radius 3 is 2.35 bits per heavy atom. The van der Waals surface area contributed by atoms with Crippen LogP contribution in [0.15, 0.2) is 30.0 Å². The van der Waals surface area contributed by atoms with Crippen molar-refractivity contribution in [1.29, 1.82) is 0 Å². The fourth-order valence-corrected chi connectivity index (χ4v) is 1.70. The Bertz CT molecular complexity index is 257. The summed E-state index contributed by atoms with van der Waals surface area (Å²) in [7, 11) is 0. The minimum absolute atomic E-state index is 0.622. The van der Waals surface area contributed by atoms with Crippen molar-refractivity contribution >= 4 is 6.29 Å². The molecule has 0 saturated heterocycles. The van der Waals surface area contributed by atoms with Gasteiger partial charge in [-0.2, -0.15) is 0 Å². The van der Waals surface area contributed by atoms with E-state index in [2.05, 4.69) is 19.2 Å². The molecule has 0 aromatic rings. The van der Waals surface area contributed by atoms with Crippen LogP contribution in [0.3, 0.4) is 0 Å². The maximum Gasteiger partial charge on any atom is 0.154 e. The molecule has 0 saturated carbocycles. The molecule has 0 bridgehead atoms. The van der Waals surface area contributed by atoms with E-state index in [4.69, 9.17) is 0 Å². The number of unbranched alkanes of at least 4 members (excludes halogenated alkanes) is 7. The Morgan fingerprint density at radius 2 is 1.76 bits per heavy atom. The average Bonchev–Trinajstić information content (AvgIpc) is 2.35. The van der Waals surface area contributed by atoms with E-state index in [0.717, 1.165) is 12.7 Å². The highest BCUT2D eigenvalue weighted by Crippen LogP contribution is 2.08. The third kappa shape index (κ3) is 11.2. The fraction of sp³-hybridized carbons (Fsp3) is 0.625. The van der Waals surface area contributed by atoms with Gasteiger partial charge in [0.05, 0.1) is 0 Å². The highest BCUT2D eigenvalue weighted by atomic mass is 16.1. The van der Waals surface area contributed by atoms with E-state index in [1.54, 1.807) is 6.08 Å². The Balaban J connectivity index is 3.52. The zero-order chi connectivity index (χ0) is 12.8. The molecule has 17 heavy (non-hydrogen) atoms. The number of allylic oxidation sites excluding steroid dienone is 2. The highest BCUT2D eigenvalue weighted by Gasteiger charge is 1.90. The van der Waals surface area contributed by atoms with Crippen molar-refractivity contribution in [1.82, 2.24) is 0 Å². The van der Waals surface area contributed by atoms with E-state index >= 15 is 0 Å². The molecule has 0 rings (SSSR count). The molecule has 0 radical (unpaired) electrons.